The summed E-state index contributed by atoms with van der Waals surface area (Å²) in [5.41, 5.74) is 0. The van der Waals surface area contributed by atoms with Crippen LogP contribution >= 0.6 is 0 Å². The standard InChI is InChI=1S/C10H17F3/c1-2-3-8-4-6-9(7-5-8)10(11,12)13/h8-9H,2-7H2,1H3. The Morgan fingerprint density at radius 2 is 1.62 bits per heavy atom. The van der Waals surface area contributed by atoms with Crippen LogP contribution in [0.15, 0.2) is 0 Å². The van der Waals surface area contributed by atoms with E-state index >= 15 is 0 Å². The monoisotopic (exact) mass is 194 g/mol. The van der Waals surface area contributed by atoms with Crippen molar-refractivity contribution in [2.75, 3.05) is 0 Å². The third-order valence-corrected chi connectivity index (χ3v) is 3.01. The van der Waals surface area contributed by atoms with Gasteiger partial charge in [-0.15, -0.1) is 0 Å². The molecule has 0 spiro atoms. The van der Waals surface area contributed by atoms with E-state index in [9.17, 15) is 13.2 Å². The molecule has 3 heteroatoms. The first-order valence-electron chi connectivity index (χ1n) is 5.10. The molecule has 0 aromatic carbocycles. The van der Waals surface area contributed by atoms with Crippen LogP contribution in [0.1, 0.15) is 45.4 Å². The summed E-state index contributed by atoms with van der Waals surface area (Å²) in [6.07, 6.45) is 0.515. The van der Waals surface area contributed by atoms with Crippen LogP contribution in [0, 0.1) is 11.8 Å². The van der Waals surface area contributed by atoms with Crippen molar-refractivity contribution >= 4 is 0 Å². The second-order valence-electron chi connectivity index (χ2n) is 4.05. The molecule has 1 fully saturated rings. The second kappa shape index (κ2) is 4.34. The first kappa shape index (κ1) is 10.9. The van der Waals surface area contributed by atoms with Crippen molar-refractivity contribution in [2.45, 2.75) is 51.6 Å². The van der Waals surface area contributed by atoms with Crippen molar-refractivity contribution in [3.63, 3.8) is 0 Å². The lowest BCUT2D eigenvalue weighted by molar-refractivity contribution is -0.184. The molecule has 0 nitrogen and oxygen atoms in total. The van der Waals surface area contributed by atoms with E-state index in [-0.39, 0.29) is 0 Å². The normalized spacial score (nSPS) is 30.5. The van der Waals surface area contributed by atoms with Gasteiger partial charge in [0.25, 0.3) is 0 Å². The molecule has 13 heavy (non-hydrogen) atoms. The summed E-state index contributed by atoms with van der Waals surface area (Å²) in [7, 11) is 0. The van der Waals surface area contributed by atoms with E-state index in [4.69, 9.17) is 0 Å². The maximum Gasteiger partial charge on any atom is 0.391 e. The van der Waals surface area contributed by atoms with Gasteiger partial charge in [0.05, 0.1) is 5.92 Å². The third kappa shape index (κ3) is 3.20. The van der Waals surface area contributed by atoms with Gasteiger partial charge in [-0.2, -0.15) is 13.2 Å². The molecule has 0 radical (unpaired) electrons. The highest BCUT2D eigenvalue weighted by molar-refractivity contribution is 4.76. The largest absolute Gasteiger partial charge is 0.391 e. The molecule has 1 aliphatic rings. The molecular formula is C10H17F3. The molecule has 0 aliphatic heterocycles. The molecule has 0 atom stereocenters. The molecule has 1 aliphatic carbocycles. The molecule has 78 valence electrons. The van der Waals surface area contributed by atoms with E-state index in [0.29, 0.717) is 18.8 Å². The predicted octanol–water partition coefficient (Wildman–Crippen LogP) is 4.16. The third-order valence-electron chi connectivity index (χ3n) is 3.01. The van der Waals surface area contributed by atoms with Crippen molar-refractivity contribution in [1.82, 2.24) is 0 Å². The van der Waals surface area contributed by atoms with E-state index in [2.05, 4.69) is 6.92 Å². The Hall–Kier alpha value is -0.210. The summed E-state index contributed by atoms with van der Waals surface area (Å²) >= 11 is 0. The number of rotatable bonds is 2. The zero-order valence-electron chi connectivity index (χ0n) is 8.03. The van der Waals surface area contributed by atoms with Crippen LogP contribution in [0.25, 0.3) is 0 Å². The summed E-state index contributed by atoms with van der Waals surface area (Å²) in [4.78, 5) is 0. The molecule has 0 bridgehead atoms. The van der Waals surface area contributed by atoms with E-state index in [1.807, 2.05) is 0 Å². The van der Waals surface area contributed by atoms with Crippen molar-refractivity contribution < 1.29 is 13.2 Å². The molecule has 0 amide bonds. The summed E-state index contributed by atoms with van der Waals surface area (Å²) in [6.45, 7) is 2.09. The zero-order chi connectivity index (χ0) is 9.90. The number of hydrogen-bond donors (Lipinski definition) is 0. The Kier molecular flexibility index (Phi) is 3.63. The van der Waals surface area contributed by atoms with Crippen molar-refractivity contribution in [3.05, 3.63) is 0 Å². The van der Waals surface area contributed by atoms with Crippen LogP contribution in [0.2, 0.25) is 0 Å². The molecular weight excluding hydrogens is 177 g/mol. The average molecular weight is 194 g/mol. The van der Waals surface area contributed by atoms with E-state index in [1.54, 1.807) is 0 Å². The van der Waals surface area contributed by atoms with Gasteiger partial charge in [0.2, 0.25) is 0 Å². The van der Waals surface area contributed by atoms with E-state index in [1.165, 1.54) is 0 Å². The lowest BCUT2D eigenvalue weighted by Crippen LogP contribution is -2.27. The maximum absolute atomic E-state index is 12.3. The highest BCUT2D eigenvalue weighted by Gasteiger charge is 2.41. The fraction of sp³-hybridized carbons (Fsp3) is 1.00. The molecule has 0 aromatic rings. The molecule has 0 aromatic heterocycles. The van der Waals surface area contributed by atoms with Gasteiger partial charge in [-0.05, 0) is 31.6 Å². The molecule has 1 saturated carbocycles. The maximum atomic E-state index is 12.3. The highest BCUT2D eigenvalue weighted by atomic mass is 19.4. The smallest absolute Gasteiger partial charge is 0.171 e. The first-order valence-corrected chi connectivity index (χ1v) is 5.10. The Labute approximate surface area is 77.5 Å². The van der Waals surface area contributed by atoms with Gasteiger partial charge in [-0.3, -0.25) is 0 Å². The van der Waals surface area contributed by atoms with Gasteiger partial charge in [-0.1, -0.05) is 19.8 Å². The molecule has 0 unspecified atom stereocenters. The average Bonchev–Trinajstić information content (AvgIpc) is 2.04. The van der Waals surface area contributed by atoms with Gasteiger partial charge >= 0.3 is 6.18 Å². The van der Waals surface area contributed by atoms with Crippen molar-refractivity contribution in [1.29, 1.82) is 0 Å². The minimum atomic E-state index is -3.95. The molecule has 0 N–H and O–H groups in total. The Bertz CT molecular complexity index is 143. The van der Waals surface area contributed by atoms with E-state index < -0.39 is 12.1 Å². The minimum absolute atomic E-state index is 0.355. The van der Waals surface area contributed by atoms with Crippen LogP contribution in [-0.2, 0) is 0 Å². The van der Waals surface area contributed by atoms with Crippen molar-refractivity contribution in [3.8, 4) is 0 Å². The Morgan fingerprint density at radius 1 is 1.08 bits per heavy atom. The number of alkyl halides is 3. The fourth-order valence-electron chi connectivity index (χ4n) is 2.19. The van der Waals surface area contributed by atoms with Crippen LogP contribution in [-0.4, -0.2) is 6.18 Å². The van der Waals surface area contributed by atoms with E-state index in [0.717, 1.165) is 25.7 Å². The first-order chi connectivity index (χ1) is 6.04. The topological polar surface area (TPSA) is 0 Å². The minimum Gasteiger partial charge on any atom is -0.171 e. The number of hydrogen-bond acceptors (Lipinski definition) is 0. The summed E-state index contributed by atoms with van der Waals surface area (Å²) in [5.74, 6) is -0.454. The summed E-state index contributed by atoms with van der Waals surface area (Å²) in [5, 5.41) is 0. The highest BCUT2D eigenvalue weighted by Crippen LogP contribution is 2.40. The van der Waals surface area contributed by atoms with Crippen LogP contribution in [0.3, 0.4) is 0 Å². The molecule has 0 heterocycles. The Balaban J connectivity index is 2.30. The second-order valence-corrected chi connectivity index (χ2v) is 4.05. The van der Waals surface area contributed by atoms with Gasteiger partial charge in [0.1, 0.15) is 0 Å². The van der Waals surface area contributed by atoms with Gasteiger partial charge in [0, 0.05) is 0 Å². The van der Waals surface area contributed by atoms with Gasteiger partial charge in [0.15, 0.2) is 0 Å². The quantitative estimate of drug-likeness (QED) is 0.619. The fourth-order valence-corrected chi connectivity index (χ4v) is 2.19. The molecule has 0 saturated heterocycles. The Morgan fingerprint density at radius 3 is 2.00 bits per heavy atom. The lowest BCUT2D eigenvalue weighted by atomic mass is 9.80. The van der Waals surface area contributed by atoms with Gasteiger partial charge in [-0.25, -0.2) is 0 Å². The van der Waals surface area contributed by atoms with Crippen LogP contribution in [0.4, 0.5) is 13.2 Å². The number of halogens is 3. The predicted molar refractivity (Wildman–Crippen MR) is 46.4 cm³/mol. The molecule has 1 rings (SSSR count). The van der Waals surface area contributed by atoms with Crippen LogP contribution < -0.4 is 0 Å². The van der Waals surface area contributed by atoms with Gasteiger partial charge < -0.3 is 0 Å². The SMILES string of the molecule is CCCC1CCC(C(F)(F)F)CC1. The van der Waals surface area contributed by atoms with Crippen molar-refractivity contribution in [2.24, 2.45) is 11.8 Å². The lowest BCUT2D eigenvalue weighted by Gasteiger charge is -2.29. The zero-order valence-corrected chi connectivity index (χ0v) is 8.03. The summed E-state index contributed by atoms with van der Waals surface area (Å²) < 4.78 is 36.8. The summed E-state index contributed by atoms with van der Waals surface area (Å²) in [6, 6.07) is 0. The van der Waals surface area contributed by atoms with Crippen LogP contribution in [0.5, 0.6) is 0 Å².